The molecule has 0 radical (unpaired) electrons. The monoisotopic (exact) mass is 291 g/mol. The SMILES string of the molecule is CC(C1CC1)N(C)CC(=O)Nc1ccc(C#N)c(Cl)c1. The first-order valence-electron chi connectivity index (χ1n) is 6.71. The average Bonchev–Trinajstić information content (AvgIpc) is 3.22. The Bertz CT molecular complexity index is 549. The van der Waals surface area contributed by atoms with E-state index in [2.05, 4.69) is 17.1 Å². The van der Waals surface area contributed by atoms with Gasteiger partial charge in [0.2, 0.25) is 5.91 Å². The highest BCUT2D eigenvalue weighted by Crippen LogP contribution is 2.34. The van der Waals surface area contributed by atoms with Crippen molar-refractivity contribution in [2.24, 2.45) is 5.92 Å². The summed E-state index contributed by atoms with van der Waals surface area (Å²) in [6.45, 7) is 2.51. The van der Waals surface area contributed by atoms with Crippen LogP contribution in [0.15, 0.2) is 18.2 Å². The number of anilines is 1. The number of nitrogens with zero attached hydrogens (tertiary/aromatic N) is 2. The van der Waals surface area contributed by atoms with E-state index < -0.39 is 0 Å². The molecule has 5 heteroatoms. The van der Waals surface area contributed by atoms with Crippen molar-refractivity contribution in [3.63, 3.8) is 0 Å². The predicted octanol–water partition coefficient (Wildman–Crippen LogP) is 2.88. The van der Waals surface area contributed by atoms with Gasteiger partial charge in [-0.05, 0) is 50.9 Å². The first-order chi connectivity index (χ1) is 9.51. The van der Waals surface area contributed by atoms with Crippen LogP contribution in [0.25, 0.3) is 0 Å². The fourth-order valence-electron chi connectivity index (χ4n) is 2.19. The summed E-state index contributed by atoms with van der Waals surface area (Å²) >= 11 is 5.93. The van der Waals surface area contributed by atoms with Crippen molar-refractivity contribution >= 4 is 23.2 Å². The van der Waals surface area contributed by atoms with Gasteiger partial charge in [-0.2, -0.15) is 5.26 Å². The van der Waals surface area contributed by atoms with Crippen LogP contribution in [-0.2, 0) is 4.79 Å². The van der Waals surface area contributed by atoms with Crippen LogP contribution < -0.4 is 5.32 Å². The van der Waals surface area contributed by atoms with Gasteiger partial charge in [-0.1, -0.05) is 11.6 Å². The van der Waals surface area contributed by atoms with Crippen LogP contribution in [0.4, 0.5) is 5.69 Å². The zero-order valence-electron chi connectivity index (χ0n) is 11.7. The van der Waals surface area contributed by atoms with Crippen molar-refractivity contribution in [2.75, 3.05) is 18.9 Å². The lowest BCUT2D eigenvalue weighted by Gasteiger charge is -2.23. The molecule has 1 aliphatic rings. The first kappa shape index (κ1) is 14.8. The molecule has 1 unspecified atom stereocenters. The molecule has 0 spiro atoms. The lowest BCUT2D eigenvalue weighted by molar-refractivity contribution is -0.117. The van der Waals surface area contributed by atoms with Gasteiger partial charge in [-0.3, -0.25) is 9.69 Å². The molecule has 106 valence electrons. The Labute approximate surface area is 124 Å². The Kier molecular flexibility index (Phi) is 4.64. The lowest BCUT2D eigenvalue weighted by atomic mass is 10.2. The number of hydrogen-bond donors (Lipinski definition) is 1. The molecule has 1 saturated carbocycles. The van der Waals surface area contributed by atoms with E-state index in [9.17, 15) is 4.79 Å². The first-order valence-corrected chi connectivity index (χ1v) is 7.09. The molecule has 0 aliphatic heterocycles. The minimum atomic E-state index is -0.0687. The van der Waals surface area contributed by atoms with Gasteiger partial charge in [0, 0.05) is 11.7 Å². The van der Waals surface area contributed by atoms with Gasteiger partial charge in [-0.15, -0.1) is 0 Å². The zero-order chi connectivity index (χ0) is 14.7. The second-order valence-corrected chi connectivity index (χ2v) is 5.75. The Morgan fingerprint density at radius 2 is 2.30 bits per heavy atom. The standard InChI is InChI=1S/C15H18ClN3O/c1-10(11-3-4-11)19(2)9-15(20)18-13-6-5-12(8-17)14(16)7-13/h5-7,10-11H,3-4,9H2,1-2H3,(H,18,20). The topological polar surface area (TPSA) is 56.1 Å². The highest BCUT2D eigenvalue weighted by atomic mass is 35.5. The highest BCUT2D eigenvalue weighted by molar-refractivity contribution is 6.32. The number of carbonyl (C=O) groups is 1. The van der Waals surface area contributed by atoms with E-state index in [1.54, 1.807) is 18.2 Å². The summed E-state index contributed by atoms with van der Waals surface area (Å²) in [4.78, 5) is 14.0. The third kappa shape index (κ3) is 3.72. The maximum atomic E-state index is 12.0. The lowest BCUT2D eigenvalue weighted by Crippen LogP contribution is -2.37. The van der Waals surface area contributed by atoms with Gasteiger partial charge in [0.05, 0.1) is 17.1 Å². The van der Waals surface area contributed by atoms with E-state index in [4.69, 9.17) is 16.9 Å². The number of nitriles is 1. The fourth-order valence-corrected chi connectivity index (χ4v) is 2.42. The zero-order valence-corrected chi connectivity index (χ0v) is 12.4. The van der Waals surface area contributed by atoms with Crippen LogP contribution in [0.1, 0.15) is 25.3 Å². The van der Waals surface area contributed by atoms with Crippen molar-refractivity contribution in [2.45, 2.75) is 25.8 Å². The summed E-state index contributed by atoms with van der Waals surface area (Å²) in [5.74, 6) is 0.665. The van der Waals surface area contributed by atoms with E-state index in [0.717, 1.165) is 5.92 Å². The summed E-state index contributed by atoms with van der Waals surface area (Å²) in [7, 11) is 1.97. The fraction of sp³-hybridized carbons (Fsp3) is 0.467. The molecule has 1 atom stereocenters. The third-order valence-electron chi connectivity index (χ3n) is 3.77. The van der Waals surface area contributed by atoms with E-state index in [0.29, 0.717) is 28.9 Å². The summed E-state index contributed by atoms with van der Waals surface area (Å²) < 4.78 is 0. The summed E-state index contributed by atoms with van der Waals surface area (Å²) in [5.41, 5.74) is 1.02. The van der Waals surface area contributed by atoms with Crippen molar-refractivity contribution in [3.8, 4) is 6.07 Å². The van der Waals surface area contributed by atoms with E-state index in [1.807, 2.05) is 13.1 Å². The summed E-state index contributed by atoms with van der Waals surface area (Å²) in [5, 5.41) is 12.0. The smallest absolute Gasteiger partial charge is 0.238 e. The summed E-state index contributed by atoms with van der Waals surface area (Å²) in [6, 6.07) is 7.32. The van der Waals surface area contributed by atoms with E-state index in [-0.39, 0.29) is 5.91 Å². The van der Waals surface area contributed by atoms with Gasteiger partial charge in [0.1, 0.15) is 6.07 Å². The molecule has 1 fully saturated rings. The molecule has 1 aromatic rings. The number of hydrogen-bond acceptors (Lipinski definition) is 3. The molecule has 1 aromatic carbocycles. The maximum Gasteiger partial charge on any atom is 0.238 e. The van der Waals surface area contributed by atoms with Crippen LogP contribution in [0, 0.1) is 17.2 Å². The Morgan fingerprint density at radius 3 is 2.85 bits per heavy atom. The summed E-state index contributed by atoms with van der Waals surface area (Å²) in [6.07, 6.45) is 2.52. The second kappa shape index (κ2) is 6.25. The molecule has 0 saturated heterocycles. The highest BCUT2D eigenvalue weighted by Gasteiger charge is 2.30. The van der Waals surface area contributed by atoms with Crippen LogP contribution in [-0.4, -0.2) is 30.4 Å². The van der Waals surface area contributed by atoms with Gasteiger partial charge in [-0.25, -0.2) is 0 Å². The number of halogens is 1. The van der Waals surface area contributed by atoms with Crippen LogP contribution >= 0.6 is 11.6 Å². The number of nitrogens with one attached hydrogen (secondary N) is 1. The third-order valence-corrected chi connectivity index (χ3v) is 4.08. The normalized spacial score (nSPS) is 15.8. The number of amides is 1. The Balaban J connectivity index is 1.91. The number of benzene rings is 1. The van der Waals surface area contributed by atoms with E-state index in [1.165, 1.54) is 12.8 Å². The largest absolute Gasteiger partial charge is 0.325 e. The maximum absolute atomic E-state index is 12.0. The Morgan fingerprint density at radius 1 is 1.60 bits per heavy atom. The molecule has 0 bridgehead atoms. The molecular formula is C15H18ClN3O. The quantitative estimate of drug-likeness (QED) is 0.907. The van der Waals surface area contributed by atoms with Crippen LogP contribution in [0.3, 0.4) is 0 Å². The molecule has 0 aromatic heterocycles. The van der Waals surface area contributed by atoms with Crippen molar-refractivity contribution in [1.82, 2.24) is 4.90 Å². The molecule has 1 amide bonds. The molecule has 1 N–H and O–H groups in total. The van der Waals surface area contributed by atoms with Gasteiger partial charge < -0.3 is 5.32 Å². The van der Waals surface area contributed by atoms with Crippen molar-refractivity contribution < 1.29 is 4.79 Å². The average molecular weight is 292 g/mol. The Hall–Kier alpha value is -1.57. The van der Waals surface area contributed by atoms with Gasteiger partial charge >= 0.3 is 0 Å². The number of likely N-dealkylation sites (N-methyl/N-ethyl adjacent to an activating group) is 1. The molecule has 4 nitrogen and oxygen atoms in total. The van der Waals surface area contributed by atoms with E-state index >= 15 is 0 Å². The predicted molar refractivity (Wildman–Crippen MR) is 79.6 cm³/mol. The van der Waals surface area contributed by atoms with Crippen LogP contribution in [0.2, 0.25) is 5.02 Å². The molecule has 1 aliphatic carbocycles. The molecule has 0 heterocycles. The van der Waals surface area contributed by atoms with Crippen LogP contribution in [0.5, 0.6) is 0 Å². The van der Waals surface area contributed by atoms with Crippen molar-refractivity contribution in [3.05, 3.63) is 28.8 Å². The van der Waals surface area contributed by atoms with Gasteiger partial charge in [0.15, 0.2) is 0 Å². The minimum absolute atomic E-state index is 0.0687. The number of rotatable bonds is 5. The van der Waals surface area contributed by atoms with Gasteiger partial charge in [0.25, 0.3) is 0 Å². The molecular weight excluding hydrogens is 274 g/mol. The second-order valence-electron chi connectivity index (χ2n) is 5.35. The molecule has 20 heavy (non-hydrogen) atoms. The minimum Gasteiger partial charge on any atom is -0.325 e. The molecule has 2 rings (SSSR count). The number of carbonyl (C=O) groups excluding carboxylic acids is 1. The van der Waals surface area contributed by atoms with Crippen molar-refractivity contribution in [1.29, 1.82) is 5.26 Å².